The van der Waals surface area contributed by atoms with Crippen molar-refractivity contribution >= 4 is 34.2 Å². The second-order valence-corrected chi connectivity index (χ2v) is 6.10. The van der Waals surface area contributed by atoms with Gasteiger partial charge in [0.1, 0.15) is 0 Å². The number of hydrogen-bond donors (Lipinski definition) is 0. The van der Waals surface area contributed by atoms with Crippen LogP contribution < -0.4 is 4.74 Å². The van der Waals surface area contributed by atoms with Gasteiger partial charge in [0.2, 0.25) is 5.78 Å². The van der Waals surface area contributed by atoms with Gasteiger partial charge < -0.3 is 13.6 Å². The van der Waals surface area contributed by atoms with Gasteiger partial charge in [-0.15, -0.1) is 11.3 Å². The second-order valence-electron chi connectivity index (χ2n) is 5.24. The monoisotopic (exact) mass is 351 g/mol. The van der Waals surface area contributed by atoms with Gasteiger partial charge in [-0.1, -0.05) is 12.1 Å². The first-order chi connectivity index (χ1) is 12.2. The van der Waals surface area contributed by atoms with Gasteiger partial charge in [0, 0.05) is 10.8 Å². The predicted molar refractivity (Wildman–Crippen MR) is 95.9 cm³/mol. The number of ketones is 1. The van der Waals surface area contributed by atoms with Crippen molar-refractivity contribution in [1.29, 1.82) is 0 Å². The number of hydrogen-bond acceptors (Lipinski definition) is 6. The molecule has 5 nitrogen and oxygen atoms in total. The molecule has 124 valence electrons. The minimum atomic E-state index is -0.231. The molecule has 0 bridgehead atoms. The molecule has 3 aromatic heterocycles. The van der Waals surface area contributed by atoms with Gasteiger partial charge in [-0.05, 0) is 36.4 Å². The van der Waals surface area contributed by atoms with Crippen LogP contribution in [-0.4, -0.2) is 17.9 Å². The van der Waals surface area contributed by atoms with Crippen LogP contribution in [0.1, 0.15) is 16.2 Å². The maximum absolute atomic E-state index is 12.4. The molecule has 0 aliphatic heterocycles. The molecule has 0 fully saturated rings. The third kappa shape index (κ3) is 2.99. The Balaban J connectivity index is 1.56. The fraction of sp³-hybridized carbons (Fsp3) is 0.0526. The molecule has 0 aliphatic carbocycles. The molecule has 4 rings (SSSR count). The van der Waals surface area contributed by atoms with E-state index < -0.39 is 0 Å². The maximum atomic E-state index is 12.4. The first-order valence-electron chi connectivity index (χ1n) is 7.53. The van der Waals surface area contributed by atoms with E-state index in [1.54, 1.807) is 31.6 Å². The second kappa shape index (κ2) is 6.41. The summed E-state index contributed by atoms with van der Waals surface area (Å²) in [5, 5.41) is 3.46. The highest BCUT2D eigenvalue weighted by Crippen LogP contribution is 2.29. The zero-order valence-corrected chi connectivity index (χ0v) is 14.1. The number of furan rings is 2. The number of aromatic nitrogens is 1. The van der Waals surface area contributed by atoms with Gasteiger partial charge in [0.25, 0.3) is 0 Å². The highest BCUT2D eigenvalue weighted by Gasteiger charge is 2.13. The van der Waals surface area contributed by atoms with Crippen molar-refractivity contribution in [2.45, 2.75) is 0 Å². The molecule has 3 heterocycles. The minimum Gasteiger partial charge on any atom is -0.493 e. The van der Waals surface area contributed by atoms with Crippen LogP contribution in [0.3, 0.4) is 0 Å². The van der Waals surface area contributed by atoms with E-state index in [2.05, 4.69) is 4.98 Å². The van der Waals surface area contributed by atoms with E-state index in [-0.39, 0.29) is 11.5 Å². The average molecular weight is 351 g/mol. The molecule has 4 aromatic rings. The molecule has 0 unspecified atom stereocenters. The number of ether oxygens (including phenoxy) is 1. The smallest absolute Gasteiger partial charge is 0.221 e. The molecule has 25 heavy (non-hydrogen) atoms. The van der Waals surface area contributed by atoms with Crippen LogP contribution >= 0.6 is 11.3 Å². The van der Waals surface area contributed by atoms with Crippen LogP contribution in [-0.2, 0) is 0 Å². The molecule has 0 N–H and O–H groups in total. The number of nitrogens with zero attached hydrogens (tertiary/aromatic N) is 1. The van der Waals surface area contributed by atoms with E-state index >= 15 is 0 Å². The van der Waals surface area contributed by atoms with Crippen molar-refractivity contribution in [3.8, 4) is 16.5 Å². The number of allylic oxidation sites excluding steroid dienone is 1. The summed E-state index contributed by atoms with van der Waals surface area (Å²) in [5.41, 5.74) is 1.26. The van der Waals surface area contributed by atoms with E-state index in [4.69, 9.17) is 13.6 Å². The van der Waals surface area contributed by atoms with Crippen molar-refractivity contribution in [2.24, 2.45) is 0 Å². The number of rotatable bonds is 5. The topological polar surface area (TPSA) is 65.5 Å². The number of carbonyl (C=O) groups excluding carboxylic acids is 1. The lowest BCUT2D eigenvalue weighted by molar-refractivity contribution is 0.102. The first-order valence-corrected chi connectivity index (χ1v) is 8.41. The Bertz CT molecular complexity index is 1060. The zero-order valence-electron chi connectivity index (χ0n) is 13.3. The molecule has 0 atom stereocenters. The summed E-state index contributed by atoms with van der Waals surface area (Å²) in [4.78, 5) is 16.8. The molecule has 0 saturated carbocycles. The van der Waals surface area contributed by atoms with Crippen molar-refractivity contribution < 1.29 is 18.4 Å². The fourth-order valence-electron chi connectivity index (χ4n) is 2.44. The third-order valence-electron chi connectivity index (χ3n) is 3.63. The van der Waals surface area contributed by atoms with Gasteiger partial charge in [-0.3, -0.25) is 4.79 Å². The van der Waals surface area contributed by atoms with Crippen LogP contribution in [0.5, 0.6) is 5.75 Å². The number of carbonyl (C=O) groups is 1. The van der Waals surface area contributed by atoms with E-state index in [1.165, 1.54) is 17.4 Å². The molecule has 1 aromatic carbocycles. The van der Waals surface area contributed by atoms with Crippen LogP contribution in [0, 0.1) is 0 Å². The van der Waals surface area contributed by atoms with Crippen molar-refractivity contribution in [2.75, 3.05) is 7.11 Å². The van der Waals surface area contributed by atoms with Gasteiger partial charge in [0.05, 0.1) is 19.1 Å². The molecule has 0 spiro atoms. The van der Waals surface area contributed by atoms with Gasteiger partial charge in [0.15, 0.2) is 27.9 Å². The first kappa shape index (κ1) is 15.4. The average Bonchev–Trinajstić information content (AvgIpc) is 3.38. The molecule has 0 aliphatic rings. The predicted octanol–water partition coefficient (Wildman–Crippen LogP) is 5.05. The largest absolute Gasteiger partial charge is 0.493 e. The fourth-order valence-corrected chi connectivity index (χ4v) is 3.19. The minimum absolute atomic E-state index is 0.231. The summed E-state index contributed by atoms with van der Waals surface area (Å²) in [6, 6.07) is 10.9. The molecule has 0 saturated heterocycles. The lowest BCUT2D eigenvalue weighted by Crippen LogP contribution is -1.90. The number of methoxy groups -OCH3 is 1. The number of fused-ring (bicyclic) bond motifs is 1. The van der Waals surface area contributed by atoms with Gasteiger partial charge in [-0.2, -0.15) is 0 Å². The standard InChI is InChI=1S/C19H13NO4S/c1-22-15-5-2-4-12-10-17(24-18(12)15)14(21)8-7-13-11-25-19(20-13)16-6-3-9-23-16/h2-11H,1H3/b8-7+. The molecule has 6 heteroatoms. The Morgan fingerprint density at radius 2 is 2.20 bits per heavy atom. The number of para-hydroxylation sites is 1. The number of thiazole rings is 1. The normalized spacial score (nSPS) is 11.4. The summed E-state index contributed by atoms with van der Waals surface area (Å²) < 4.78 is 16.2. The number of benzene rings is 1. The maximum Gasteiger partial charge on any atom is 0.221 e. The Labute approximate surface area is 147 Å². The van der Waals surface area contributed by atoms with Gasteiger partial charge in [-0.25, -0.2) is 4.98 Å². The van der Waals surface area contributed by atoms with E-state index in [1.807, 2.05) is 29.6 Å². The Kier molecular flexibility index (Phi) is 3.95. The molecular weight excluding hydrogens is 338 g/mol. The highest BCUT2D eigenvalue weighted by molar-refractivity contribution is 7.13. The van der Waals surface area contributed by atoms with Gasteiger partial charge >= 0.3 is 0 Å². The molecular formula is C19H13NO4S. The lowest BCUT2D eigenvalue weighted by atomic mass is 10.2. The summed E-state index contributed by atoms with van der Waals surface area (Å²) in [7, 11) is 1.57. The summed E-state index contributed by atoms with van der Waals surface area (Å²) in [6.45, 7) is 0. The summed E-state index contributed by atoms with van der Waals surface area (Å²) in [5.74, 6) is 1.34. The van der Waals surface area contributed by atoms with Crippen molar-refractivity contribution in [1.82, 2.24) is 4.98 Å². The third-order valence-corrected chi connectivity index (χ3v) is 4.51. The van der Waals surface area contributed by atoms with E-state index in [0.29, 0.717) is 22.8 Å². The molecule has 0 amide bonds. The highest BCUT2D eigenvalue weighted by atomic mass is 32.1. The zero-order chi connectivity index (χ0) is 17.2. The summed E-state index contributed by atoms with van der Waals surface area (Å²) >= 11 is 1.46. The Morgan fingerprint density at radius 1 is 1.28 bits per heavy atom. The van der Waals surface area contributed by atoms with Crippen molar-refractivity contribution in [3.63, 3.8) is 0 Å². The van der Waals surface area contributed by atoms with Crippen molar-refractivity contribution in [3.05, 3.63) is 65.6 Å². The van der Waals surface area contributed by atoms with E-state index in [0.717, 1.165) is 10.4 Å². The van der Waals surface area contributed by atoms with Crippen LogP contribution in [0.25, 0.3) is 27.8 Å². The van der Waals surface area contributed by atoms with Crippen LogP contribution in [0.15, 0.2) is 63.0 Å². The quantitative estimate of drug-likeness (QED) is 0.372. The van der Waals surface area contributed by atoms with E-state index in [9.17, 15) is 4.79 Å². The van der Waals surface area contributed by atoms with Crippen LogP contribution in [0.4, 0.5) is 0 Å². The SMILES string of the molecule is COc1cccc2cc(C(=O)/C=C/c3csc(-c4ccco4)n3)oc12. The van der Waals surface area contributed by atoms with Crippen LogP contribution in [0.2, 0.25) is 0 Å². The lowest BCUT2D eigenvalue weighted by Gasteiger charge is -1.98. The Morgan fingerprint density at radius 3 is 3.00 bits per heavy atom. The molecule has 0 radical (unpaired) electrons. The summed E-state index contributed by atoms with van der Waals surface area (Å²) in [6.07, 6.45) is 4.71. The Hall–Kier alpha value is -3.12.